The van der Waals surface area contributed by atoms with E-state index in [9.17, 15) is 4.79 Å². The van der Waals surface area contributed by atoms with Crippen molar-refractivity contribution in [2.75, 3.05) is 51.4 Å². The molecular weight excluding hydrogens is 649 g/mol. The third kappa shape index (κ3) is 8.48. The number of thiazole rings is 1. The Balaban J connectivity index is 0.769. The number of nitrogens with one attached hydrogen (secondary N) is 3. The number of nitrogens with zero attached hydrogens (tertiary/aromatic N) is 3. The van der Waals surface area contributed by atoms with Gasteiger partial charge in [0.2, 0.25) is 5.91 Å². The maximum Gasteiger partial charge on any atom is 0.237 e. The fourth-order valence-electron chi connectivity index (χ4n) is 6.31. The van der Waals surface area contributed by atoms with Gasteiger partial charge in [-0.05, 0) is 86.0 Å². The number of H-pyrrole nitrogens is 1. The van der Waals surface area contributed by atoms with Crippen molar-refractivity contribution in [3.8, 4) is 16.2 Å². The van der Waals surface area contributed by atoms with Crippen molar-refractivity contribution in [1.29, 1.82) is 0 Å². The molecule has 1 saturated heterocycles. The Morgan fingerprint density at radius 3 is 2.64 bits per heavy atom. The fourth-order valence-corrected chi connectivity index (χ4v) is 7.12. The first kappa shape index (κ1) is 33.7. The second-order valence-electron chi connectivity index (χ2n) is 12.4. The largest absolute Gasteiger partial charge is 0.491 e. The molecule has 0 aliphatic carbocycles. The minimum atomic E-state index is -0.112. The van der Waals surface area contributed by atoms with Crippen LogP contribution in [0.15, 0.2) is 90.6 Å². The lowest BCUT2D eigenvalue weighted by atomic mass is 10.1. The van der Waals surface area contributed by atoms with E-state index in [0.717, 1.165) is 81.8 Å². The lowest BCUT2D eigenvalue weighted by Crippen LogP contribution is -2.44. The molecule has 1 unspecified atom stereocenters. The number of aromatic nitrogens is 3. The molecule has 1 amide bonds. The van der Waals surface area contributed by atoms with Gasteiger partial charge in [-0.2, -0.15) is 0 Å². The van der Waals surface area contributed by atoms with Crippen LogP contribution in [0.25, 0.3) is 32.2 Å². The Bertz CT molecular complexity index is 2030. The third-order valence-corrected chi connectivity index (χ3v) is 9.95. The number of aryl methyl sites for hydroxylation is 1. The monoisotopic (exact) mass is 690 g/mol. The lowest BCUT2D eigenvalue weighted by molar-refractivity contribution is -0.125. The highest BCUT2D eigenvalue weighted by atomic mass is 32.1. The molecule has 3 aromatic heterocycles. The number of likely N-dealkylation sites (tertiary alicyclic amines) is 1. The molecule has 1 aliphatic heterocycles. The number of ether oxygens (including phenoxy) is 3. The van der Waals surface area contributed by atoms with Crippen LogP contribution in [0.5, 0.6) is 5.75 Å². The fraction of sp³-hybridized carbons (Fsp3) is 0.308. The number of anilines is 2. The van der Waals surface area contributed by atoms with Crippen molar-refractivity contribution < 1.29 is 19.0 Å². The smallest absolute Gasteiger partial charge is 0.237 e. The zero-order chi connectivity index (χ0) is 34.1. The van der Waals surface area contributed by atoms with E-state index >= 15 is 0 Å². The highest BCUT2D eigenvalue weighted by Crippen LogP contribution is 2.28. The van der Waals surface area contributed by atoms with Crippen LogP contribution >= 0.6 is 11.3 Å². The Labute approximate surface area is 295 Å². The highest BCUT2D eigenvalue weighted by Gasteiger charge is 2.30. The van der Waals surface area contributed by atoms with Gasteiger partial charge in [-0.1, -0.05) is 24.3 Å². The summed E-state index contributed by atoms with van der Waals surface area (Å²) < 4.78 is 17.5. The quantitative estimate of drug-likeness (QED) is 0.0924. The van der Waals surface area contributed by atoms with Gasteiger partial charge < -0.3 is 29.8 Å². The molecule has 7 rings (SSSR count). The number of carbonyl (C=O) groups excluding carboxylic acids is 1. The molecule has 258 valence electrons. The topological polar surface area (TPSA) is 114 Å². The van der Waals surface area contributed by atoms with Crippen LogP contribution in [0.1, 0.15) is 24.1 Å². The van der Waals surface area contributed by atoms with E-state index in [2.05, 4.69) is 74.0 Å². The first-order valence-corrected chi connectivity index (χ1v) is 18.0. The van der Waals surface area contributed by atoms with E-state index < -0.39 is 0 Å². The minimum Gasteiger partial charge on any atom is -0.491 e. The van der Waals surface area contributed by atoms with E-state index in [1.165, 1.54) is 4.88 Å². The van der Waals surface area contributed by atoms with Crippen LogP contribution in [-0.4, -0.2) is 77.9 Å². The van der Waals surface area contributed by atoms with Crippen molar-refractivity contribution in [1.82, 2.24) is 25.2 Å². The van der Waals surface area contributed by atoms with Crippen molar-refractivity contribution in [2.45, 2.75) is 32.4 Å². The number of aromatic amines is 1. The highest BCUT2D eigenvalue weighted by molar-refractivity contribution is 7.13. The number of amides is 1. The van der Waals surface area contributed by atoms with Gasteiger partial charge in [-0.25, -0.2) is 9.97 Å². The summed E-state index contributed by atoms with van der Waals surface area (Å²) in [6, 6.07) is 26.4. The standard InChI is InChI=1S/C39H42N6O4S/c1-27-38(50-26-42-27)30-6-4-28(5-7-30)25-41-39(46)36-3-2-16-45(36)17-18-47-19-20-48-21-22-49-33-11-8-29-9-13-37(44-35(29)24-33)43-32-10-12-34-31(23-32)14-15-40-34/h4-15,23-24,26,36,40H,2-3,16-22,25H2,1H3,(H,41,46)(H,43,44). The SMILES string of the molecule is Cc1ncsc1-c1ccc(CNC(=O)C2CCCN2CCOCCOCCOc2ccc3ccc(Nc4ccc5[nH]ccc5c4)nc3c2)cc1. The summed E-state index contributed by atoms with van der Waals surface area (Å²) in [4.78, 5) is 28.7. The Hall–Kier alpha value is -4.81. The molecule has 0 radical (unpaired) electrons. The summed E-state index contributed by atoms with van der Waals surface area (Å²) in [6.07, 6.45) is 3.82. The Morgan fingerprint density at radius 2 is 1.78 bits per heavy atom. The van der Waals surface area contributed by atoms with Gasteiger partial charge in [0.25, 0.3) is 0 Å². The number of fused-ring (bicyclic) bond motifs is 2. The second-order valence-corrected chi connectivity index (χ2v) is 13.3. The summed E-state index contributed by atoms with van der Waals surface area (Å²) in [7, 11) is 0. The molecule has 10 nitrogen and oxygen atoms in total. The first-order chi connectivity index (χ1) is 24.6. The summed E-state index contributed by atoms with van der Waals surface area (Å²) in [5.74, 6) is 1.61. The molecule has 0 spiro atoms. The van der Waals surface area contributed by atoms with Gasteiger partial charge in [-0.3, -0.25) is 9.69 Å². The van der Waals surface area contributed by atoms with E-state index in [1.54, 1.807) is 11.3 Å². The predicted molar refractivity (Wildman–Crippen MR) is 199 cm³/mol. The molecule has 1 atom stereocenters. The maximum atomic E-state index is 13.0. The van der Waals surface area contributed by atoms with E-state index in [1.807, 2.05) is 49.0 Å². The van der Waals surface area contributed by atoms with Gasteiger partial charge in [0, 0.05) is 47.3 Å². The van der Waals surface area contributed by atoms with E-state index in [-0.39, 0.29) is 11.9 Å². The van der Waals surface area contributed by atoms with Crippen LogP contribution in [0.4, 0.5) is 11.5 Å². The summed E-state index contributed by atoms with van der Waals surface area (Å²) in [5.41, 5.74) is 8.10. The van der Waals surface area contributed by atoms with Gasteiger partial charge >= 0.3 is 0 Å². The number of carbonyl (C=O) groups is 1. The predicted octanol–water partition coefficient (Wildman–Crippen LogP) is 7.08. The molecule has 0 saturated carbocycles. The van der Waals surface area contributed by atoms with Crippen molar-refractivity contribution in [2.24, 2.45) is 0 Å². The van der Waals surface area contributed by atoms with E-state index in [4.69, 9.17) is 19.2 Å². The second kappa shape index (κ2) is 16.3. The summed E-state index contributed by atoms with van der Waals surface area (Å²) in [6.45, 7) is 6.60. The van der Waals surface area contributed by atoms with Gasteiger partial charge in [0.05, 0.1) is 54.1 Å². The number of rotatable bonds is 16. The average molecular weight is 691 g/mol. The number of hydrogen-bond acceptors (Lipinski definition) is 9. The van der Waals surface area contributed by atoms with Crippen LogP contribution < -0.4 is 15.4 Å². The van der Waals surface area contributed by atoms with Crippen molar-refractivity contribution >= 4 is 50.6 Å². The molecule has 4 heterocycles. The zero-order valence-corrected chi connectivity index (χ0v) is 29.0. The number of hydrogen-bond donors (Lipinski definition) is 3. The molecule has 1 fully saturated rings. The summed E-state index contributed by atoms with van der Waals surface area (Å²) >= 11 is 1.64. The molecule has 1 aliphatic rings. The van der Waals surface area contributed by atoms with Crippen LogP contribution in [0.2, 0.25) is 0 Å². The molecule has 3 N–H and O–H groups in total. The average Bonchev–Trinajstić information content (AvgIpc) is 3.91. The Kier molecular flexibility index (Phi) is 11.0. The lowest BCUT2D eigenvalue weighted by Gasteiger charge is -2.23. The van der Waals surface area contributed by atoms with Crippen LogP contribution in [0, 0.1) is 6.92 Å². The maximum absolute atomic E-state index is 13.0. The van der Waals surface area contributed by atoms with Crippen molar-refractivity contribution in [3.05, 3.63) is 102 Å². The molecule has 3 aromatic carbocycles. The van der Waals surface area contributed by atoms with Gasteiger partial charge in [0.15, 0.2) is 0 Å². The molecular formula is C39H42N6O4S. The third-order valence-electron chi connectivity index (χ3n) is 8.98. The molecule has 50 heavy (non-hydrogen) atoms. The normalized spacial score (nSPS) is 14.8. The molecule has 11 heteroatoms. The zero-order valence-electron chi connectivity index (χ0n) is 28.2. The Morgan fingerprint density at radius 1 is 0.940 bits per heavy atom. The van der Waals surface area contributed by atoms with E-state index in [0.29, 0.717) is 39.6 Å². The number of benzene rings is 3. The van der Waals surface area contributed by atoms with Gasteiger partial charge in [0.1, 0.15) is 18.2 Å². The molecule has 6 aromatic rings. The molecule has 0 bridgehead atoms. The van der Waals surface area contributed by atoms with Crippen molar-refractivity contribution in [3.63, 3.8) is 0 Å². The van der Waals surface area contributed by atoms with Gasteiger partial charge in [-0.15, -0.1) is 11.3 Å². The summed E-state index contributed by atoms with van der Waals surface area (Å²) in [5, 5.41) is 8.72. The van der Waals surface area contributed by atoms with Crippen LogP contribution in [-0.2, 0) is 20.8 Å². The minimum absolute atomic E-state index is 0.0816. The van der Waals surface area contributed by atoms with Crippen LogP contribution in [0.3, 0.4) is 0 Å². The first-order valence-electron chi connectivity index (χ1n) is 17.1. The number of pyridine rings is 1.